The summed E-state index contributed by atoms with van der Waals surface area (Å²) in [5, 5.41) is 1.37. The first-order valence-electron chi connectivity index (χ1n) is 10.5. The Kier molecular flexibility index (Phi) is 6.81. The molecule has 0 radical (unpaired) electrons. The molecular formula is C26H26N2O3S. The average Bonchev–Trinajstić information content (AvgIpc) is 2.83. The van der Waals surface area contributed by atoms with Gasteiger partial charge in [0.1, 0.15) is 0 Å². The van der Waals surface area contributed by atoms with Gasteiger partial charge >= 0.3 is 0 Å². The van der Waals surface area contributed by atoms with Crippen LogP contribution in [0.4, 0.5) is 0 Å². The summed E-state index contributed by atoms with van der Waals surface area (Å²) in [4.78, 5) is 18.2. The maximum Gasteiger partial charge on any atom is 0.262 e. The fourth-order valence-electron chi connectivity index (χ4n) is 3.65. The van der Waals surface area contributed by atoms with Crippen LogP contribution in [0, 0.1) is 6.92 Å². The highest BCUT2D eigenvalue weighted by Gasteiger charge is 2.13. The molecule has 0 fully saturated rings. The summed E-state index contributed by atoms with van der Waals surface area (Å²) in [5.74, 6) is 2.13. The van der Waals surface area contributed by atoms with E-state index in [2.05, 4.69) is 19.1 Å². The van der Waals surface area contributed by atoms with Gasteiger partial charge in [0, 0.05) is 12.3 Å². The Balaban J connectivity index is 1.66. The van der Waals surface area contributed by atoms with Crippen LogP contribution < -0.4 is 15.0 Å². The molecule has 6 heteroatoms. The van der Waals surface area contributed by atoms with Crippen molar-refractivity contribution in [2.45, 2.75) is 30.8 Å². The van der Waals surface area contributed by atoms with E-state index < -0.39 is 0 Å². The van der Waals surface area contributed by atoms with E-state index in [0.717, 1.165) is 22.0 Å². The zero-order chi connectivity index (χ0) is 22.5. The van der Waals surface area contributed by atoms with Crippen molar-refractivity contribution in [3.8, 4) is 11.5 Å². The van der Waals surface area contributed by atoms with Crippen LogP contribution >= 0.6 is 11.8 Å². The summed E-state index contributed by atoms with van der Waals surface area (Å²) in [6.45, 7) is 2.64. The number of para-hydroxylation sites is 1. The van der Waals surface area contributed by atoms with Gasteiger partial charge in [-0.15, -0.1) is 0 Å². The Morgan fingerprint density at radius 1 is 0.938 bits per heavy atom. The molecule has 3 aromatic carbocycles. The van der Waals surface area contributed by atoms with E-state index in [1.165, 1.54) is 11.1 Å². The van der Waals surface area contributed by atoms with Gasteiger partial charge in [0.05, 0.1) is 25.1 Å². The lowest BCUT2D eigenvalue weighted by atomic mass is 10.1. The molecule has 0 bridgehead atoms. The van der Waals surface area contributed by atoms with E-state index in [1.807, 2.05) is 54.6 Å². The first kappa shape index (κ1) is 22.0. The minimum atomic E-state index is -0.0108. The predicted molar refractivity (Wildman–Crippen MR) is 130 cm³/mol. The van der Waals surface area contributed by atoms with Crippen molar-refractivity contribution in [1.29, 1.82) is 0 Å². The van der Waals surface area contributed by atoms with Gasteiger partial charge in [-0.2, -0.15) is 0 Å². The molecule has 0 atom stereocenters. The summed E-state index contributed by atoms with van der Waals surface area (Å²) in [6, 6.07) is 21.7. The molecule has 0 N–H and O–H groups in total. The first-order chi connectivity index (χ1) is 15.6. The van der Waals surface area contributed by atoms with Crippen molar-refractivity contribution in [3.05, 3.63) is 93.8 Å². The van der Waals surface area contributed by atoms with E-state index in [9.17, 15) is 4.79 Å². The maximum absolute atomic E-state index is 13.3. The molecule has 0 spiro atoms. The van der Waals surface area contributed by atoms with Crippen LogP contribution in [-0.4, -0.2) is 23.8 Å². The van der Waals surface area contributed by atoms with Crippen LogP contribution in [-0.2, 0) is 18.7 Å². The van der Waals surface area contributed by atoms with Crippen molar-refractivity contribution in [1.82, 2.24) is 9.55 Å². The number of hydrogen-bond acceptors (Lipinski definition) is 5. The number of thioether (sulfide) groups is 1. The Morgan fingerprint density at radius 3 is 2.47 bits per heavy atom. The number of aromatic nitrogens is 2. The summed E-state index contributed by atoms with van der Waals surface area (Å²) in [7, 11) is 3.25. The molecule has 0 unspecified atom stereocenters. The van der Waals surface area contributed by atoms with Crippen LogP contribution in [0.5, 0.6) is 11.5 Å². The van der Waals surface area contributed by atoms with Crippen LogP contribution in [0.15, 0.2) is 76.7 Å². The second kappa shape index (κ2) is 9.92. The topological polar surface area (TPSA) is 53.4 Å². The second-order valence-corrected chi connectivity index (χ2v) is 8.47. The molecule has 0 aliphatic carbocycles. The molecular weight excluding hydrogens is 420 g/mol. The first-order valence-corrected chi connectivity index (χ1v) is 11.5. The van der Waals surface area contributed by atoms with Crippen LogP contribution in [0.3, 0.4) is 0 Å². The van der Waals surface area contributed by atoms with E-state index in [-0.39, 0.29) is 5.56 Å². The number of nitrogens with zero attached hydrogens (tertiary/aromatic N) is 2. The Morgan fingerprint density at radius 2 is 1.69 bits per heavy atom. The van der Waals surface area contributed by atoms with E-state index in [4.69, 9.17) is 14.5 Å². The molecule has 164 valence electrons. The van der Waals surface area contributed by atoms with Gasteiger partial charge < -0.3 is 9.47 Å². The van der Waals surface area contributed by atoms with Crippen LogP contribution in [0.2, 0.25) is 0 Å². The number of rotatable bonds is 8. The number of ether oxygens (including phenoxy) is 2. The summed E-state index contributed by atoms with van der Waals surface area (Å²) in [5.41, 5.74) is 4.26. The van der Waals surface area contributed by atoms with Gasteiger partial charge in [0.25, 0.3) is 5.56 Å². The highest BCUT2D eigenvalue weighted by atomic mass is 32.2. The van der Waals surface area contributed by atoms with Gasteiger partial charge in [-0.25, -0.2) is 4.98 Å². The summed E-state index contributed by atoms with van der Waals surface area (Å²) in [6.07, 6.45) is 0.679. The van der Waals surface area contributed by atoms with Crippen molar-refractivity contribution in [2.75, 3.05) is 14.2 Å². The summed E-state index contributed by atoms with van der Waals surface area (Å²) >= 11 is 1.60. The lowest BCUT2D eigenvalue weighted by Crippen LogP contribution is -2.24. The third kappa shape index (κ3) is 4.65. The maximum atomic E-state index is 13.3. The molecule has 1 heterocycles. The average molecular weight is 447 g/mol. The Labute approximate surface area is 192 Å². The predicted octanol–water partition coefficient (Wildman–Crippen LogP) is 5.26. The van der Waals surface area contributed by atoms with Crippen molar-refractivity contribution >= 4 is 22.7 Å². The summed E-state index contributed by atoms with van der Waals surface area (Å²) < 4.78 is 12.5. The standard InChI is InChI=1S/C26H26N2O3S/c1-18-8-4-5-9-20(18)17-32-26-27-22-11-7-6-10-21(22)25(29)28(26)15-14-19-12-13-23(30-2)24(16-19)31-3/h4-13,16H,14-15,17H2,1-3H3. The molecule has 0 saturated heterocycles. The van der Waals surface area contributed by atoms with Gasteiger partial charge in [0.2, 0.25) is 0 Å². The number of benzene rings is 3. The zero-order valence-electron chi connectivity index (χ0n) is 18.5. The van der Waals surface area contributed by atoms with Crippen LogP contribution in [0.1, 0.15) is 16.7 Å². The molecule has 4 aromatic rings. The monoisotopic (exact) mass is 446 g/mol. The molecule has 0 saturated carbocycles. The normalized spacial score (nSPS) is 11.0. The van der Waals surface area contributed by atoms with Crippen molar-refractivity contribution in [3.63, 3.8) is 0 Å². The molecule has 1 aromatic heterocycles. The third-order valence-electron chi connectivity index (χ3n) is 5.52. The molecule has 0 aliphatic rings. The van der Waals surface area contributed by atoms with E-state index in [0.29, 0.717) is 29.9 Å². The minimum Gasteiger partial charge on any atom is -0.493 e. The Hall–Kier alpha value is -3.25. The number of aryl methyl sites for hydroxylation is 2. The molecule has 0 amide bonds. The van der Waals surface area contributed by atoms with Gasteiger partial charge in [-0.3, -0.25) is 9.36 Å². The SMILES string of the molecule is COc1ccc(CCn2c(SCc3ccccc3C)nc3ccccc3c2=O)cc1OC. The lowest BCUT2D eigenvalue weighted by molar-refractivity contribution is 0.354. The van der Waals surface area contributed by atoms with Gasteiger partial charge in [-0.1, -0.05) is 54.2 Å². The van der Waals surface area contributed by atoms with Crippen LogP contribution in [0.25, 0.3) is 10.9 Å². The minimum absolute atomic E-state index is 0.0108. The van der Waals surface area contributed by atoms with Crippen molar-refractivity contribution < 1.29 is 9.47 Å². The number of fused-ring (bicyclic) bond motifs is 1. The highest BCUT2D eigenvalue weighted by molar-refractivity contribution is 7.98. The van der Waals surface area contributed by atoms with E-state index >= 15 is 0 Å². The fraction of sp³-hybridized carbons (Fsp3) is 0.231. The largest absolute Gasteiger partial charge is 0.493 e. The molecule has 4 rings (SSSR count). The number of hydrogen-bond donors (Lipinski definition) is 0. The lowest BCUT2D eigenvalue weighted by Gasteiger charge is -2.14. The van der Waals surface area contributed by atoms with Gasteiger partial charge in [0.15, 0.2) is 16.7 Å². The smallest absolute Gasteiger partial charge is 0.262 e. The zero-order valence-corrected chi connectivity index (χ0v) is 19.3. The van der Waals surface area contributed by atoms with E-state index in [1.54, 1.807) is 30.5 Å². The molecule has 5 nitrogen and oxygen atoms in total. The Bertz CT molecular complexity index is 1300. The molecule has 32 heavy (non-hydrogen) atoms. The van der Waals surface area contributed by atoms with Gasteiger partial charge in [-0.05, 0) is 54.3 Å². The molecule has 0 aliphatic heterocycles. The fourth-order valence-corrected chi connectivity index (χ4v) is 4.75. The number of methoxy groups -OCH3 is 2. The second-order valence-electron chi connectivity index (χ2n) is 7.52. The highest BCUT2D eigenvalue weighted by Crippen LogP contribution is 2.28. The third-order valence-corrected chi connectivity index (χ3v) is 6.54. The van der Waals surface area contributed by atoms with Crippen molar-refractivity contribution in [2.24, 2.45) is 0 Å². The quantitative estimate of drug-likeness (QED) is 0.273.